The summed E-state index contributed by atoms with van der Waals surface area (Å²) in [6.45, 7) is 1.81. The Bertz CT molecular complexity index is 656. The number of carbonyl (C=O) groups is 1. The van der Waals surface area contributed by atoms with Gasteiger partial charge in [0.05, 0.1) is 10.6 Å². The minimum absolute atomic E-state index is 0.0876. The minimum Gasteiger partial charge on any atom is -0.487 e. The van der Waals surface area contributed by atoms with Gasteiger partial charge in [0.25, 0.3) is 0 Å². The van der Waals surface area contributed by atoms with Crippen LogP contribution in [0.2, 0.25) is 5.02 Å². The van der Waals surface area contributed by atoms with Gasteiger partial charge in [0.1, 0.15) is 18.2 Å². The summed E-state index contributed by atoms with van der Waals surface area (Å²) >= 11 is 6.00. The molecule has 0 bridgehead atoms. The lowest BCUT2D eigenvalue weighted by atomic mass is 10.1. The molecule has 0 amide bonds. The van der Waals surface area contributed by atoms with E-state index < -0.39 is 11.8 Å². The highest BCUT2D eigenvalue weighted by atomic mass is 35.5. The molecule has 0 aliphatic rings. The van der Waals surface area contributed by atoms with Crippen LogP contribution in [0.25, 0.3) is 0 Å². The molecule has 0 aliphatic carbocycles. The van der Waals surface area contributed by atoms with E-state index in [9.17, 15) is 9.18 Å². The first-order valence-corrected chi connectivity index (χ1v) is 6.26. The lowest BCUT2D eigenvalue weighted by Crippen LogP contribution is -2.06. The van der Waals surface area contributed by atoms with Crippen molar-refractivity contribution < 1.29 is 19.0 Å². The van der Waals surface area contributed by atoms with Crippen LogP contribution in [0.3, 0.4) is 0 Å². The number of aryl methyl sites for hydroxylation is 1. The van der Waals surface area contributed by atoms with Gasteiger partial charge in [-0.2, -0.15) is 0 Å². The number of ether oxygens (including phenoxy) is 1. The van der Waals surface area contributed by atoms with Crippen LogP contribution in [-0.4, -0.2) is 11.1 Å². The maximum Gasteiger partial charge on any atom is 0.338 e. The van der Waals surface area contributed by atoms with Crippen molar-refractivity contribution in [3.63, 3.8) is 0 Å². The van der Waals surface area contributed by atoms with Gasteiger partial charge in [-0.25, -0.2) is 9.18 Å². The number of benzene rings is 2. The van der Waals surface area contributed by atoms with Crippen molar-refractivity contribution in [2.24, 2.45) is 0 Å². The molecule has 0 aromatic heterocycles. The molecule has 2 aromatic rings. The van der Waals surface area contributed by atoms with Crippen LogP contribution >= 0.6 is 11.6 Å². The number of aromatic carboxylic acids is 1. The molecule has 0 unspecified atom stereocenters. The Hall–Kier alpha value is -2.07. The number of carboxylic acid groups (broad SMARTS) is 1. The van der Waals surface area contributed by atoms with Crippen molar-refractivity contribution >= 4 is 17.6 Å². The van der Waals surface area contributed by atoms with Crippen LogP contribution < -0.4 is 4.74 Å². The van der Waals surface area contributed by atoms with E-state index in [1.54, 1.807) is 12.1 Å². The summed E-state index contributed by atoms with van der Waals surface area (Å²) in [5.74, 6) is -1.67. The van der Waals surface area contributed by atoms with Crippen molar-refractivity contribution in [3.05, 3.63) is 63.9 Å². The topological polar surface area (TPSA) is 46.5 Å². The first-order valence-electron chi connectivity index (χ1n) is 5.88. The Morgan fingerprint density at radius 2 is 2.10 bits per heavy atom. The van der Waals surface area contributed by atoms with Crippen LogP contribution in [-0.2, 0) is 6.61 Å². The molecule has 104 valence electrons. The summed E-state index contributed by atoms with van der Waals surface area (Å²) in [6.07, 6.45) is 0. The average molecular weight is 295 g/mol. The molecular formula is C15H12ClFO3. The highest BCUT2D eigenvalue weighted by Crippen LogP contribution is 2.26. The smallest absolute Gasteiger partial charge is 0.338 e. The second kappa shape index (κ2) is 5.92. The van der Waals surface area contributed by atoms with Gasteiger partial charge in [0, 0.05) is 5.56 Å². The third kappa shape index (κ3) is 3.08. The molecule has 20 heavy (non-hydrogen) atoms. The Morgan fingerprint density at radius 3 is 2.75 bits per heavy atom. The lowest BCUT2D eigenvalue weighted by molar-refractivity contribution is 0.0691. The fourth-order valence-electron chi connectivity index (χ4n) is 1.73. The van der Waals surface area contributed by atoms with Crippen LogP contribution in [0.1, 0.15) is 21.5 Å². The maximum atomic E-state index is 13.9. The number of halogens is 2. The Balaban J connectivity index is 2.19. The summed E-state index contributed by atoms with van der Waals surface area (Å²) in [4.78, 5) is 10.8. The largest absolute Gasteiger partial charge is 0.487 e. The molecule has 2 aromatic carbocycles. The van der Waals surface area contributed by atoms with Crippen molar-refractivity contribution in [2.75, 3.05) is 0 Å². The van der Waals surface area contributed by atoms with Gasteiger partial charge < -0.3 is 9.84 Å². The number of hydrogen-bond acceptors (Lipinski definition) is 2. The predicted octanol–water partition coefficient (Wildman–Crippen LogP) is 4.06. The van der Waals surface area contributed by atoms with Crippen molar-refractivity contribution in [1.29, 1.82) is 0 Å². The standard InChI is InChI=1S/C15H12ClFO3/c1-9-5-6-13(12(16)7-9)20-8-10-3-2-4-11(14(10)17)15(18)19/h2-7H,8H2,1H3,(H,18,19). The summed E-state index contributed by atoms with van der Waals surface area (Å²) in [6, 6.07) is 9.41. The third-order valence-electron chi connectivity index (χ3n) is 2.78. The predicted molar refractivity (Wildman–Crippen MR) is 73.9 cm³/mol. The van der Waals surface area contributed by atoms with E-state index in [2.05, 4.69) is 0 Å². The highest BCUT2D eigenvalue weighted by molar-refractivity contribution is 6.32. The zero-order valence-corrected chi connectivity index (χ0v) is 11.4. The maximum absolute atomic E-state index is 13.9. The molecule has 0 radical (unpaired) electrons. The minimum atomic E-state index is -1.31. The molecule has 0 spiro atoms. The lowest BCUT2D eigenvalue weighted by Gasteiger charge is -2.10. The molecule has 2 rings (SSSR count). The Kier molecular flexibility index (Phi) is 4.25. The molecule has 0 aliphatic heterocycles. The number of rotatable bonds is 4. The molecular weight excluding hydrogens is 283 g/mol. The average Bonchev–Trinajstić information content (AvgIpc) is 2.39. The quantitative estimate of drug-likeness (QED) is 0.925. The van der Waals surface area contributed by atoms with Gasteiger partial charge in [-0.1, -0.05) is 29.8 Å². The van der Waals surface area contributed by atoms with Gasteiger partial charge in [-0.3, -0.25) is 0 Å². The molecule has 0 atom stereocenters. The molecule has 0 fully saturated rings. The highest BCUT2D eigenvalue weighted by Gasteiger charge is 2.14. The van der Waals surface area contributed by atoms with E-state index in [4.69, 9.17) is 21.4 Å². The third-order valence-corrected chi connectivity index (χ3v) is 3.08. The normalized spacial score (nSPS) is 10.3. The molecule has 3 nitrogen and oxygen atoms in total. The van der Waals surface area contributed by atoms with Gasteiger partial charge in [-0.05, 0) is 30.7 Å². The van der Waals surface area contributed by atoms with Crippen molar-refractivity contribution in [1.82, 2.24) is 0 Å². The summed E-state index contributed by atoms with van der Waals surface area (Å²) in [5.41, 5.74) is 0.782. The van der Waals surface area contributed by atoms with Gasteiger partial charge in [0.2, 0.25) is 0 Å². The van der Waals surface area contributed by atoms with Crippen molar-refractivity contribution in [3.8, 4) is 5.75 Å². The Morgan fingerprint density at radius 1 is 1.35 bits per heavy atom. The first-order chi connectivity index (χ1) is 9.49. The summed E-state index contributed by atoms with van der Waals surface area (Å²) < 4.78 is 19.3. The van der Waals surface area contributed by atoms with E-state index in [1.807, 2.05) is 13.0 Å². The fraction of sp³-hybridized carbons (Fsp3) is 0.133. The van der Waals surface area contributed by atoms with Crippen LogP contribution in [0.5, 0.6) is 5.75 Å². The summed E-state index contributed by atoms with van der Waals surface area (Å²) in [7, 11) is 0. The van der Waals surface area contributed by atoms with Gasteiger partial charge in [-0.15, -0.1) is 0 Å². The monoisotopic (exact) mass is 294 g/mol. The van der Waals surface area contributed by atoms with Gasteiger partial charge >= 0.3 is 5.97 Å². The van der Waals surface area contributed by atoms with E-state index in [0.29, 0.717) is 10.8 Å². The number of carboxylic acids is 1. The summed E-state index contributed by atoms with van der Waals surface area (Å²) in [5, 5.41) is 9.28. The van der Waals surface area contributed by atoms with E-state index >= 15 is 0 Å². The van der Waals surface area contributed by atoms with Gasteiger partial charge in [0.15, 0.2) is 0 Å². The van der Waals surface area contributed by atoms with E-state index in [-0.39, 0.29) is 17.7 Å². The second-order valence-electron chi connectivity index (χ2n) is 4.31. The van der Waals surface area contributed by atoms with Crippen LogP contribution in [0.4, 0.5) is 4.39 Å². The van der Waals surface area contributed by atoms with Crippen LogP contribution in [0, 0.1) is 12.7 Å². The van der Waals surface area contributed by atoms with E-state index in [0.717, 1.165) is 5.56 Å². The zero-order valence-electron chi connectivity index (χ0n) is 10.7. The van der Waals surface area contributed by atoms with Crippen molar-refractivity contribution in [2.45, 2.75) is 13.5 Å². The molecule has 0 saturated heterocycles. The molecule has 0 saturated carbocycles. The fourth-order valence-corrected chi connectivity index (χ4v) is 2.02. The number of hydrogen-bond donors (Lipinski definition) is 1. The van der Waals surface area contributed by atoms with E-state index in [1.165, 1.54) is 18.2 Å². The van der Waals surface area contributed by atoms with Crippen LogP contribution in [0.15, 0.2) is 36.4 Å². The molecule has 0 heterocycles. The zero-order chi connectivity index (χ0) is 14.7. The first kappa shape index (κ1) is 14.3. The Labute approximate surface area is 120 Å². The second-order valence-corrected chi connectivity index (χ2v) is 4.71. The molecule has 1 N–H and O–H groups in total. The molecule has 5 heteroatoms. The SMILES string of the molecule is Cc1ccc(OCc2cccc(C(=O)O)c2F)c(Cl)c1.